The Morgan fingerprint density at radius 3 is 2.21 bits per heavy atom. The Bertz CT molecular complexity index is 1190. The first-order valence-electron chi connectivity index (χ1n) is 8.40. The maximum Gasteiger partial charge on any atom is 0.286 e. The predicted octanol–water partition coefficient (Wildman–Crippen LogP) is 4.18. The summed E-state index contributed by atoms with van der Waals surface area (Å²) in [5, 5.41) is 6.47. The Balaban J connectivity index is 1.83. The molecule has 0 fully saturated rings. The van der Waals surface area contributed by atoms with Crippen LogP contribution in [0.1, 0.15) is 10.6 Å². The Kier molecular flexibility index (Phi) is 4.41. The van der Waals surface area contributed by atoms with Gasteiger partial charge in [0, 0.05) is 5.56 Å². The molecule has 0 spiro atoms. The topological polar surface area (TPSA) is 84.7 Å². The van der Waals surface area contributed by atoms with Crippen LogP contribution >= 0.6 is 0 Å². The first-order chi connectivity index (χ1) is 13.5. The Hall–Kier alpha value is -3.87. The van der Waals surface area contributed by atoms with Crippen LogP contribution < -0.4 is 5.73 Å². The molecule has 138 valence electrons. The standard InChI is InChI=1S/C21H14F2N4O/c22-15-6-2-4-13(10-15)17-8-7-16(23)11-18(17)12-3-1-5-14(9-12)20-25-21(19(24)28)27-26-20/h1-11H,(H2,24,28)(H,25,26,27). The van der Waals surface area contributed by atoms with Crippen molar-refractivity contribution in [2.75, 3.05) is 0 Å². The molecule has 0 atom stereocenters. The van der Waals surface area contributed by atoms with Gasteiger partial charge in [0.1, 0.15) is 11.6 Å². The van der Waals surface area contributed by atoms with Gasteiger partial charge in [-0.1, -0.05) is 36.4 Å². The number of aromatic nitrogens is 3. The number of aromatic amines is 1. The lowest BCUT2D eigenvalue weighted by molar-refractivity contribution is 0.0991. The van der Waals surface area contributed by atoms with Crippen molar-refractivity contribution in [1.29, 1.82) is 0 Å². The SMILES string of the molecule is NC(=O)c1nc(-c2cccc(-c3cc(F)ccc3-c3cccc(F)c3)c2)n[nH]1. The van der Waals surface area contributed by atoms with Gasteiger partial charge < -0.3 is 5.73 Å². The molecule has 0 aliphatic rings. The van der Waals surface area contributed by atoms with E-state index in [9.17, 15) is 13.6 Å². The van der Waals surface area contributed by atoms with Gasteiger partial charge in [0.2, 0.25) is 5.82 Å². The number of nitrogens with one attached hydrogen (secondary N) is 1. The fraction of sp³-hybridized carbons (Fsp3) is 0. The molecule has 0 unspecified atom stereocenters. The van der Waals surface area contributed by atoms with Crippen LogP contribution in [-0.2, 0) is 0 Å². The van der Waals surface area contributed by atoms with Crippen LogP contribution in [0.2, 0.25) is 0 Å². The van der Waals surface area contributed by atoms with Gasteiger partial charge in [-0.3, -0.25) is 9.89 Å². The molecule has 4 aromatic rings. The van der Waals surface area contributed by atoms with Crippen molar-refractivity contribution in [3.05, 3.63) is 84.2 Å². The number of hydrogen-bond acceptors (Lipinski definition) is 3. The molecule has 1 aromatic heterocycles. The van der Waals surface area contributed by atoms with E-state index in [0.717, 1.165) is 0 Å². The summed E-state index contributed by atoms with van der Waals surface area (Å²) in [6, 6.07) is 17.6. The number of H-pyrrole nitrogens is 1. The molecule has 0 bridgehead atoms. The highest BCUT2D eigenvalue weighted by Crippen LogP contribution is 2.34. The van der Waals surface area contributed by atoms with E-state index >= 15 is 0 Å². The number of hydrogen-bond donors (Lipinski definition) is 2. The highest BCUT2D eigenvalue weighted by atomic mass is 19.1. The van der Waals surface area contributed by atoms with E-state index in [1.807, 2.05) is 6.07 Å². The first kappa shape index (κ1) is 17.5. The van der Waals surface area contributed by atoms with Gasteiger partial charge in [-0.05, 0) is 52.6 Å². The van der Waals surface area contributed by atoms with Crippen molar-refractivity contribution in [2.24, 2.45) is 5.73 Å². The van der Waals surface area contributed by atoms with Gasteiger partial charge in [-0.2, -0.15) is 5.10 Å². The lowest BCUT2D eigenvalue weighted by Gasteiger charge is -2.11. The summed E-state index contributed by atoms with van der Waals surface area (Å²) in [7, 11) is 0. The zero-order valence-electron chi connectivity index (χ0n) is 14.5. The number of carbonyl (C=O) groups is 1. The summed E-state index contributed by atoms with van der Waals surface area (Å²) in [6.07, 6.45) is 0. The van der Waals surface area contributed by atoms with Gasteiger partial charge >= 0.3 is 0 Å². The Labute approximate surface area is 158 Å². The van der Waals surface area contributed by atoms with E-state index in [2.05, 4.69) is 15.2 Å². The largest absolute Gasteiger partial charge is 0.363 e. The molecule has 0 aliphatic carbocycles. The van der Waals surface area contributed by atoms with Crippen LogP contribution in [0.3, 0.4) is 0 Å². The second-order valence-corrected chi connectivity index (χ2v) is 6.15. The van der Waals surface area contributed by atoms with Gasteiger partial charge in [-0.15, -0.1) is 0 Å². The third-order valence-electron chi connectivity index (χ3n) is 4.27. The lowest BCUT2D eigenvalue weighted by Crippen LogP contribution is -2.12. The van der Waals surface area contributed by atoms with E-state index in [4.69, 9.17) is 5.73 Å². The molecular formula is C21H14F2N4O. The zero-order valence-corrected chi connectivity index (χ0v) is 14.5. The summed E-state index contributed by atoms with van der Waals surface area (Å²) >= 11 is 0. The zero-order chi connectivity index (χ0) is 19.7. The van der Waals surface area contributed by atoms with Gasteiger partial charge in [0.25, 0.3) is 5.91 Å². The van der Waals surface area contributed by atoms with E-state index < -0.39 is 11.7 Å². The highest BCUT2D eigenvalue weighted by molar-refractivity contribution is 5.89. The van der Waals surface area contributed by atoms with E-state index in [0.29, 0.717) is 33.6 Å². The molecule has 28 heavy (non-hydrogen) atoms. The minimum absolute atomic E-state index is 0.0494. The van der Waals surface area contributed by atoms with Crippen LogP contribution in [0.5, 0.6) is 0 Å². The van der Waals surface area contributed by atoms with Crippen LogP contribution in [0.4, 0.5) is 8.78 Å². The minimum Gasteiger partial charge on any atom is -0.363 e. The molecule has 3 N–H and O–H groups in total. The number of benzene rings is 3. The lowest BCUT2D eigenvalue weighted by atomic mass is 9.93. The number of carbonyl (C=O) groups excluding carboxylic acids is 1. The highest BCUT2D eigenvalue weighted by Gasteiger charge is 2.13. The fourth-order valence-corrected chi connectivity index (χ4v) is 2.99. The van der Waals surface area contributed by atoms with Crippen molar-refractivity contribution in [2.45, 2.75) is 0 Å². The monoisotopic (exact) mass is 376 g/mol. The maximum absolute atomic E-state index is 14.0. The molecule has 0 saturated heterocycles. The number of halogens is 2. The van der Waals surface area contributed by atoms with Crippen molar-refractivity contribution < 1.29 is 13.6 Å². The molecule has 0 aliphatic heterocycles. The molecule has 3 aromatic carbocycles. The minimum atomic E-state index is -0.714. The molecule has 5 nitrogen and oxygen atoms in total. The quantitative estimate of drug-likeness (QED) is 0.560. The van der Waals surface area contributed by atoms with E-state index in [1.54, 1.807) is 36.4 Å². The van der Waals surface area contributed by atoms with Gasteiger partial charge in [0.15, 0.2) is 5.82 Å². The number of primary amides is 1. The smallest absolute Gasteiger partial charge is 0.286 e. The summed E-state index contributed by atoms with van der Waals surface area (Å²) in [5.41, 5.74) is 8.43. The molecule has 1 heterocycles. The molecule has 7 heteroatoms. The number of nitrogens with zero attached hydrogens (tertiary/aromatic N) is 2. The fourth-order valence-electron chi connectivity index (χ4n) is 2.99. The maximum atomic E-state index is 14.0. The second kappa shape index (κ2) is 7.03. The van der Waals surface area contributed by atoms with E-state index in [1.165, 1.54) is 24.3 Å². The molecule has 0 saturated carbocycles. The van der Waals surface area contributed by atoms with Crippen molar-refractivity contribution in [3.63, 3.8) is 0 Å². The summed E-state index contributed by atoms with van der Waals surface area (Å²) in [6.45, 7) is 0. The molecule has 0 radical (unpaired) electrons. The predicted molar refractivity (Wildman–Crippen MR) is 101 cm³/mol. The number of nitrogens with two attached hydrogens (primary N) is 1. The van der Waals surface area contributed by atoms with Crippen LogP contribution in [0.15, 0.2) is 66.7 Å². The van der Waals surface area contributed by atoms with Crippen LogP contribution in [-0.4, -0.2) is 21.1 Å². The second-order valence-electron chi connectivity index (χ2n) is 6.15. The molecular weight excluding hydrogens is 362 g/mol. The Morgan fingerprint density at radius 2 is 1.50 bits per heavy atom. The summed E-state index contributed by atoms with van der Waals surface area (Å²) in [5.74, 6) is -1.25. The average Bonchev–Trinajstić information content (AvgIpc) is 3.19. The molecule has 1 amide bonds. The number of amides is 1. The van der Waals surface area contributed by atoms with E-state index in [-0.39, 0.29) is 11.6 Å². The third kappa shape index (κ3) is 3.37. The summed E-state index contributed by atoms with van der Waals surface area (Å²) in [4.78, 5) is 15.3. The summed E-state index contributed by atoms with van der Waals surface area (Å²) < 4.78 is 27.7. The van der Waals surface area contributed by atoms with Crippen molar-refractivity contribution >= 4 is 5.91 Å². The third-order valence-corrected chi connectivity index (χ3v) is 4.27. The van der Waals surface area contributed by atoms with Crippen molar-refractivity contribution in [3.8, 4) is 33.6 Å². The first-order valence-corrected chi connectivity index (χ1v) is 8.40. The van der Waals surface area contributed by atoms with Crippen LogP contribution in [0.25, 0.3) is 33.6 Å². The Morgan fingerprint density at radius 1 is 0.821 bits per heavy atom. The average molecular weight is 376 g/mol. The number of rotatable bonds is 4. The van der Waals surface area contributed by atoms with Crippen molar-refractivity contribution in [1.82, 2.24) is 15.2 Å². The van der Waals surface area contributed by atoms with Crippen LogP contribution in [0, 0.1) is 11.6 Å². The normalized spacial score (nSPS) is 10.8. The van der Waals surface area contributed by atoms with Gasteiger partial charge in [0.05, 0.1) is 0 Å². The van der Waals surface area contributed by atoms with Gasteiger partial charge in [-0.25, -0.2) is 13.8 Å². The molecule has 4 rings (SSSR count).